The van der Waals surface area contributed by atoms with Crippen molar-refractivity contribution in [1.29, 1.82) is 0 Å². The van der Waals surface area contributed by atoms with Gasteiger partial charge in [0.05, 0.1) is 12.0 Å². The van der Waals surface area contributed by atoms with Crippen LogP contribution < -0.4 is 4.74 Å². The molecule has 0 aromatic heterocycles. The second-order valence-electron chi connectivity index (χ2n) is 9.92. The molecule has 0 aliphatic rings. The Balaban J connectivity index is 3.23. The first-order chi connectivity index (χ1) is 18.2. The lowest BCUT2D eigenvalue weighted by molar-refractivity contribution is -0.456. The van der Waals surface area contributed by atoms with E-state index >= 15 is 0 Å². The molecule has 0 bridgehead atoms. The Kier molecular flexibility index (Phi) is 10.4. The number of hydrogen-bond donors (Lipinski definition) is 0. The van der Waals surface area contributed by atoms with Gasteiger partial charge in [0, 0.05) is 6.42 Å². The molecular weight excluding hydrogens is 595 g/mol. The minimum atomic E-state index is -8.01. The van der Waals surface area contributed by atoms with E-state index in [1.54, 1.807) is 13.8 Å². The van der Waals surface area contributed by atoms with Crippen LogP contribution >= 0.6 is 0 Å². The molecule has 41 heavy (non-hydrogen) atoms. The van der Waals surface area contributed by atoms with Crippen LogP contribution in [0.15, 0.2) is 12.1 Å². The van der Waals surface area contributed by atoms with Crippen molar-refractivity contribution in [2.24, 2.45) is 11.3 Å². The summed E-state index contributed by atoms with van der Waals surface area (Å²) >= 11 is 0. The van der Waals surface area contributed by atoms with Crippen molar-refractivity contribution in [2.75, 3.05) is 6.61 Å². The van der Waals surface area contributed by atoms with Crippen LogP contribution in [-0.2, 0) is 16.0 Å². The molecule has 238 valence electrons. The third-order valence-electron chi connectivity index (χ3n) is 7.31. The molecule has 0 radical (unpaired) electrons. The zero-order valence-electron chi connectivity index (χ0n) is 22.7. The van der Waals surface area contributed by atoms with Crippen LogP contribution in [0.4, 0.5) is 57.1 Å². The summed E-state index contributed by atoms with van der Waals surface area (Å²) in [5.74, 6) is -33.2. The number of carbonyl (C=O) groups excluding carboxylic acids is 1. The SMILES string of the molecule is CCC(C)C(C)(CC)C(=O)OCCc1c(C)cc(OC(F)(F)C(F)(F)C(F)(F)C(F)(F)C(F)(F)C(F)(F)F)cc1C. The summed E-state index contributed by atoms with van der Waals surface area (Å²) in [5, 5.41) is 0. The molecule has 3 nitrogen and oxygen atoms in total. The van der Waals surface area contributed by atoms with Crippen molar-refractivity contribution in [3.63, 3.8) is 0 Å². The van der Waals surface area contributed by atoms with Gasteiger partial charge in [-0.3, -0.25) is 4.79 Å². The molecule has 0 saturated carbocycles. The first-order valence-electron chi connectivity index (χ1n) is 12.1. The van der Waals surface area contributed by atoms with E-state index in [1.165, 1.54) is 13.8 Å². The van der Waals surface area contributed by atoms with Gasteiger partial charge in [-0.05, 0) is 61.9 Å². The summed E-state index contributed by atoms with van der Waals surface area (Å²) in [6.45, 7) is 9.46. The molecule has 0 saturated heterocycles. The Morgan fingerprint density at radius 1 is 0.780 bits per heavy atom. The van der Waals surface area contributed by atoms with Gasteiger partial charge in [-0.15, -0.1) is 0 Å². The largest absolute Gasteiger partial charge is 0.471 e. The third-order valence-corrected chi connectivity index (χ3v) is 7.31. The van der Waals surface area contributed by atoms with Gasteiger partial charge >= 0.3 is 41.9 Å². The average Bonchev–Trinajstić information content (AvgIpc) is 2.82. The minimum absolute atomic E-state index is 0.00367. The Morgan fingerprint density at radius 3 is 1.61 bits per heavy atom. The molecule has 0 fully saturated rings. The highest BCUT2D eigenvalue weighted by Gasteiger charge is 2.91. The van der Waals surface area contributed by atoms with Crippen LogP contribution in [0.1, 0.15) is 57.2 Å². The highest BCUT2D eigenvalue weighted by Crippen LogP contribution is 2.60. The zero-order chi connectivity index (χ0) is 32.6. The van der Waals surface area contributed by atoms with E-state index in [9.17, 15) is 61.9 Å². The zero-order valence-corrected chi connectivity index (χ0v) is 22.7. The van der Waals surface area contributed by atoms with Gasteiger partial charge in [0.1, 0.15) is 5.75 Å². The maximum atomic E-state index is 14.1. The minimum Gasteiger partial charge on any atom is -0.465 e. The van der Waals surface area contributed by atoms with Crippen LogP contribution in [0.25, 0.3) is 0 Å². The number of halogens is 13. The summed E-state index contributed by atoms with van der Waals surface area (Å²) in [6, 6.07) is 1.17. The predicted octanol–water partition coefficient (Wildman–Crippen LogP) is 8.93. The van der Waals surface area contributed by atoms with E-state index in [0.29, 0.717) is 30.5 Å². The number of carbonyl (C=O) groups is 1. The first kappa shape index (κ1) is 36.6. The summed E-state index contributed by atoms with van der Waals surface area (Å²) in [4.78, 5) is 12.6. The summed E-state index contributed by atoms with van der Waals surface area (Å²) in [6.07, 6.45) is -13.1. The van der Waals surface area contributed by atoms with Crippen molar-refractivity contribution in [3.8, 4) is 5.75 Å². The van der Waals surface area contributed by atoms with Crippen molar-refractivity contribution >= 4 is 5.97 Å². The maximum absolute atomic E-state index is 14.1. The number of aryl methyl sites for hydroxylation is 2. The number of benzene rings is 1. The lowest BCUT2D eigenvalue weighted by Crippen LogP contribution is -2.70. The predicted molar refractivity (Wildman–Crippen MR) is 120 cm³/mol. The van der Waals surface area contributed by atoms with Gasteiger partial charge in [-0.2, -0.15) is 57.1 Å². The van der Waals surface area contributed by atoms with Gasteiger partial charge in [0.25, 0.3) is 0 Å². The second kappa shape index (κ2) is 11.7. The lowest BCUT2D eigenvalue weighted by Gasteiger charge is -2.39. The maximum Gasteiger partial charge on any atom is 0.471 e. The van der Waals surface area contributed by atoms with Crippen molar-refractivity contribution < 1.29 is 71.3 Å². The summed E-state index contributed by atoms with van der Waals surface area (Å²) in [5.41, 5.74) is -0.508. The molecule has 2 unspecified atom stereocenters. The Labute approximate surface area is 227 Å². The Morgan fingerprint density at radius 2 is 1.22 bits per heavy atom. The van der Waals surface area contributed by atoms with Crippen LogP contribution in [0, 0.1) is 25.2 Å². The highest BCUT2D eigenvalue weighted by molar-refractivity contribution is 5.76. The number of esters is 1. The molecule has 1 rings (SSSR count). The summed E-state index contributed by atoms with van der Waals surface area (Å²) in [7, 11) is 0. The normalized spacial score (nSPS) is 16.3. The van der Waals surface area contributed by atoms with Gasteiger partial charge in [0.15, 0.2) is 0 Å². The fourth-order valence-electron chi connectivity index (χ4n) is 3.93. The quantitative estimate of drug-likeness (QED) is 0.162. The van der Waals surface area contributed by atoms with Gasteiger partial charge in [-0.25, -0.2) is 0 Å². The van der Waals surface area contributed by atoms with Crippen molar-refractivity contribution in [3.05, 3.63) is 28.8 Å². The van der Waals surface area contributed by atoms with Crippen LogP contribution in [0.3, 0.4) is 0 Å². The molecule has 0 aliphatic carbocycles. The van der Waals surface area contributed by atoms with E-state index in [-0.39, 0.29) is 30.1 Å². The monoisotopic (exact) mass is 624 g/mol. The van der Waals surface area contributed by atoms with Crippen LogP contribution in [-0.4, -0.2) is 48.6 Å². The summed E-state index contributed by atoms with van der Waals surface area (Å²) < 4.78 is 182. The molecule has 2 atom stereocenters. The Hall–Kier alpha value is -2.42. The highest BCUT2D eigenvalue weighted by atomic mass is 19.4. The van der Waals surface area contributed by atoms with E-state index < -0.39 is 53.1 Å². The lowest BCUT2D eigenvalue weighted by atomic mass is 9.74. The molecule has 16 heteroatoms. The molecule has 1 aromatic rings. The number of hydrogen-bond acceptors (Lipinski definition) is 3. The van der Waals surface area contributed by atoms with Gasteiger partial charge in [0.2, 0.25) is 0 Å². The van der Waals surface area contributed by atoms with Crippen molar-refractivity contribution in [1.82, 2.24) is 0 Å². The topological polar surface area (TPSA) is 35.5 Å². The molecule has 0 spiro atoms. The molecular formula is C25H29F13O3. The first-order valence-corrected chi connectivity index (χ1v) is 12.1. The molecule has 1 aromatic carbocycles. The van der Waals surface area contributed by atoms with Gasteiger partial charge < -0.3 is 9.47 Å². The smallest absolute Gasteiger partial charge is 0.465 e. The standard InChI is InChI=1S/C25H29F13O3/c1-7-15(5)19(6,8-2)18(39)40-10-9-17-13(3)11-16(12-14(17)4)41-25(37,38)23(32,33)21(28,29)20(26,27)22(30,31)24(34,35)36/h11-12,15H,7-10H2,1-6H3. The molecule has 0 amide bonds. The Bertz CT molecular complexity index is 1060. The number of rotatable bonds is 13. The van der Waals surface area contributed by atoms with E-state index in [2.05, 4.69) is 4.74 Å². The van der Waals surface area contributed by atoms with E-state index in [1.807, 2.05) is 13.8 Å². The third kappa shape index (κ3) is 6.35. The van der Waals surface area contributed by atoms with Crippen LogP contribution in [0.2, 0.25) is 0 Å². The molecule has 0 aliphatic heterocycles. The van der Waals surface area contributed by atoms with Crippen molar-refractivity contribution in [2.45, 2.75) is 96.8 Å². The fraction of sp³-hybridized carbons (Fsp3) is 0.720. The van der Waals surface area contributed by atoms with Gasteiger partial charge in [-0.1, -0.05) is 27.2 Å². The fourth-order valence-corrected chi connectivity index (χ4v) is 3.93. The molecule has 0 heterocycles. The van der Waals surface area contributed by atoms with Crippen LogP contribution in [0.5, 0.6) is 5.75 Å². The van der Waals surface area contributed by atoms with E-state index in [4.69, 9.17) is 4.74 Å². The number of alkyl halides is 13. The number of ether oxygens (including phenoxy) is 2. The second-order valence-corrected chi connectivity index (χ2v) is 9.92. The average molecular weight is 624 g/mol. The van der Waals surface area contributed by atoms with E-state index in [0.717, 1.165) is 0 Å². The molecule has 0 N–H and O–H groups in total.